The van der Waals surface area contributed by atoms with Crippen LogP contribution in [0.2, 0.25) is 23.2 Å². The Hall–Kier alpha value is -3.25. The summed E-state index contributed by atoms with van der Waals surface area (Å²) in [5.41, 5.74) is -0.0998. The van der Waals surface area contributed by atoms with Crippen LogP contribution in [0.5, 0.6) is 5.75 Å². The van der Waals surface area contributed by atoms with E-state index in [0.29, 0.717) is 0 Å². The first-order chi connectivity index (χ1) is 28.7. The average molecular weight is 883 g/mol. The zero-order chi connectivity index (χ0) is 45.6. The van der Waals surface area contributed by atoms with E-state index in [-0.39, 0.29) is 31.3 Å². The highest BCUT2D eigenvalue weighted by molar-refractivity contribution is 6.99. The first-order valence-electron chi connectivity index (χ1n) is 21.1. The molecule has 13 heteroatoms. The van der Waals surface area contributed by atoms with Gasteiger partial charge in [0.1, 0.15) is 18.8 Å². The fraction of sp³-hybridized carbons (Fsp3) is 0.583. The van der Waals surface area contributed by atoms with Gasteiger partial charge in [-0.25, -0.2) is 4.79 Å². The molecule has 0 saturated heterocycles. The third-order valence-corrected chi connectivity index (χ3v) is 21.6. The summed E-state index contributed by atoms with van der Waals surface area (Å²) in [4.78, 5) is 26.5. The van der Waals surface area contributed by atoms with E-state index in [2.05, 4.69) is 78.9 Å². The van der Waals surface area contributed by atoms with Gasteiger partial charge < -0.3 is 46.8 Å². The van der Waals surface area contributed by atoms with E-state index in [9.17, 15) is 9.59 Å². The molecule has 0 heterocycles. The Bertz CT molecular complexity index is 1700. The van der Waals surface area contributed by atoms with Crippen molar-refractivity contribution in [3.05, 3.63) is 90.5 Å². The van der Waals surface area contributed by atoms with Gasteiger partial charge in [-0.1, -0.05) is 128 Å². The molecule has 0 aliphatic rings. The van der Waals surface area contributed by atoms with Gasteiger partial charge in [-0.15, -0.1) is 0 Å². The summed E-state index contributed by atoms with van der Waals surface area (Å²) in [6, 6.07) is 28.4. The lowest BCUT2D eigenvalue weighted by Crippen LogP contribution is -2.68. The third kappa shape index (κ3) is 13.4. The summed E-state index contributed by atoms with van der Waals surface area (Å²) in [6.07, 6.45) is -3.35. The van der Waals surface area contributed by atoms with Crippen LogP contribution in [0.15, 0.2) is 84.9 Å². The fourth-order valence-corrected chi connectivity index (χ4v) is 13.5. The summed E-state index contributed by atoms with van der Waals surface area (Å²) < 4.78 is 56.6. The smallest absolute Gasteiger partial charge is 0.337 e. The molecule has 0 bridgehead atoms. The van der Waals surface area contributed by atoms with Crippen LogP contribution >= 0.6 is 0 Å². The number of ether oxygens (including phenoxy) is 7. The molecular formula is C48H74O11Si2. The van der Waals surface area contributed by atoms with E-state index >= 15 is 0 Å². The maximum Gasteiger partial charge on any atom is 0.337 e. The number of rotatable bonds is 25. The SMILES string of the molecule is COCO[C@H](C(=O)OC)[C@@H](C[C@@H](C[C@@H](OC)[C@@H](O[Si](C)(C)C(C)(C)C)[C@@H](OCc1ccc(OC)cc1)C(C)(C)C=O)O[Si](c1ccccc1)(c1ccccc1)C(C)(C)C)OC. The minimum atomic E-state index is -3.24. The molecule has 3 aromatic carbocycles. The largest absolute Gasteiger partial charge is 0.497 e. The number of esters is 1. The monoisotopic (exact) mass is 882 g/mol. The Kier molecular flexibility index (Phi) is 19.6. The van der Waals surface area contributed by atoms with Gasteiger partial charge in [0.2, 0.25) is 0 Å². The van der Waals surface area contributed by atoms with Gasteiger partial charge in [0.05, 0.1) is 51.3 Å². The maximum absolute atomic E-state index is 13.4. The van der Waals surface area contributed by atoms with Crippen molar-refractivity contribution in [1.29, 1.82) is 0 Å². The molecule has 0 fully saturated rings. The molecule has 0 radical (unpaired) electrons. The number of aldehydes is 1. The van der Waals surface area contributed by atoms with Gasteiger partial charge in [-0.3, -0.25) is 0 Å². The maximum atomic E-state index is 13.4. The highest BCUT2D eigenvalue weighted by Crippen LogP contribution is 2.43. The van der Waals surface area contributed by atoms with Gasteiger partial charge in [-0.05, 0) is 51.2 Å². The topological polar surface area (TPSA) is 117 Å². The van der Waals surface area contributed by atoms with Gasteiger partial charge >= 0.3 is 5.97 Å². The molecule has 0 amide bonds. The second-order valence-electron chi connectivity index (χ2n) is 18.8. The zero-order valence-corrected chi connectivity index (χ0v) is 41.4. The Morgan fingerprint density at radius 2 is 1.20 bits per heavy atom. The summed E-state index contributed by atoms with van der Waals surface area (Å²) in [6.45, 7) is 21.4. The van der Waals surface area contributed by atoms with Crippen LogP contribution in [0.4, 0.5) is 0 Å². The lowest BCUT2D eigenvalue weighted by molar-refractivity contribution is -0.179. The molecule has 0 aromatic heterocycles. The van der Waals surface area contributed by atoms with Crippen molar-refractivity contribution < 1.29 is 51.6 Å². The summed E-state index contributed by atoms with van der Waals surface area (Å²) in [7, 11) is 1.81. The van der Waals surface area contributed by atoms with Gasteiger partial charge in [0.15, 0.2) is 14.4 Å². The Morgan fingerprint density at radius 1 is 0.672 bits per heavy atom. The molecule has 11 nitrogen and oxygen atoms in total. The van der Waals surface area contributed by atoms with E-state index in [0.717, 1.165) is 28.0 Å². The fourth-order valence-electron chi connectivity index (χ4n) is 7.50. The van der Waals surface area contributed by atoms with Crippen LogP contribution in [-0.2, 0) is 53.5 Å². The van der Waals surface area contributed by atoms with Crippen molar-refractivity contribution in [2.24, 2.45) is 5.41 Å². The number of carbonyl (C=O) groups excluding carboxylic acids is 2. The van der Waals surface area contributed by atoms with Gasteiger partial charge in [0.25, 0.3) is 8.32 Å². The molecule has 0 N–H and O–H groups in total. The van der Waals surface area contributed by atoms with E-state index in [4.69, 9.17) is 42.0 Å². The van der Waals surface area contributed by atoms with E-state index in [1.54, 1.807) is 21.3 Å². The molecule has 0 aliphatic heterocycles. The van der Waals surface area contributed by atoms with Crippen molar-refractivity contribution in [3.8, 4) is 5.75 Å². The minimum Gasteiger partial charge on any atom is -0.497 e. The van der Waals surface area contributed by atoms with Crippen LogP contribution in [0, 0.1) is 5.41 Å². The van der Waals surface area contributed by atoms with Crippen LogP contribution in [0.1, 0.15) is 73.8 Å². The number of carbonyl (C=O) groups is 2. The predicted molar refractivity (Wildman–Crippen MR) is 246 cm³/mol. The lowest BCUT2D eigenvalue weighted by Gasteiger charge is -2.48. The van der Waals surface area contributed by atoms with Crippen molar-refractivity contribution in [2.45, 2.75) is 135 Å². The Labute approximate surface area is 368 Å². The van der Waals surface area contributed by atoms with E-state index in [1.165, 1.54) is 14.2 Å². The lowest BCUT2D eigenvalue weighted by atomic mass is 9.82. The van der Waals surface area contributed by atoms with Crippen LogP contribution < -0.4 is 15.1 Å². The highest BCUT2D eigenvalue weighted by Gasteiger charge is 2.54. The predicted octanol–water partition coefficient (Wildman–Crippen LogP) is 8.11. The average Bonchev–Trinajstić information content (AvgIpc) is 3.23. The van der Waals surface area contributed by atoms with Gasteiger partial charge in [0, 0.05) is 39.6 Å². The molecule has 6 atom stereocenters. The Morgan fingerprint density at radius 3 is 1.62 bits per heavy atom. The van der Waals surface area contributed by atoms with Crippen LogP contribution in [-0.4, -0.2) is 108 Å². The quantitative estimate of drug-likeness (QED) is 0.0356. The summed E-state index contributed by atoms with van der Waals surface area (Å²) in [5, 5.41) is 1.57. The minimum absolute atomic E-state index is 0.156. The standard InChI is InChI=1S/C48H74O11Si2/c1-46(2,3)60(14,15)59-42(44(48(7,8)33-49)56-32-35-26-28-36(52-10)29-27-35)40(53-11)30-37(31-41(54-12)43(45(50)55-13)57-34-51-9)58-61(47(4,5)6,38-22-18-16-19-23-38)39-24-20-17-21-25-39/h16-29,33,37,40-44H,30-32,34H2,1-15H3/t37-,40-,41-,42-,43+,44-/m1/s1. The second kappa shape index (κ2) is 22.9. The van der Waals surface area contributed by atoms with Crippen LogP contribution in [0.3, 0.4) is 0 Å². The molecular weight excluding hydrogens is 809 g/mol. The first kappa shape index (κ1) is 52.1. The number of hydrogen-bond donors (Lipinski definition) is 0. The second-order valence-corrected chi connectivity index (χ2v) is 27.8. The van der Waals surface area contributed by atoms with Crippen molar-refractivity contribution in [2.75, 3.05) is 42.3 Å². The van der Waals surface area contributed by atoms with Crippen molar-refractivity contribution in [1.82, 2.24) is 0 Å². The number of methoxy groups -OCH3 is 5. The molecule has 3 aromatic rings. The molecule has 3 rings (SSSR count). The Balaban J connectivity index is 2.35. The summed E-state index contributed by atoms with van der Waals surface area (Å²) in [5.74, 6) is 0.130. The normalized spacial score (nSPS) is 15.9. The number of hydrogen-bond acceptors (Lipinski definition) is 11. The van der Waals surface area contributed by atoms with Crippen molar-refractivity contribution >= 4 is 39.3 Å². The van der Waals surface area contributed by atoms with E-state index in [1.807, 2.05) is 74.5 Å². The molecule has 0 unspecified atom stereocenters. The first-order valence-corrected chi connectivity index (χ1v) is 25.9. The third-order valence-electron chi connectivity index (χ3n) is 12.0. The zero-order valence-electron chi connectivity index (χ0n) is 39.4. The van der Waals surface area contributed by atoms with Gasteiger partial charge in [-0.2, -0.15) is 0 Å². The molecule has 0 spiro atoms. The summed E-state index contributed by atoms with van der Waals surface area (Å²) >= 11 is 0. The van der Waals surface area contributed by atoms with Crippen molar-refractivity contribution in [3.63, 3.8) is 0 Å². The van der Waals surface area contributed by atoms with E-state index < -0.39 is 69.7 Å². The molecule has 0 aliphatic carbocycles. The van der Waals surface area contributed by atoms with Crippen LogP contribution in [0.25, 0.3) is 0 Å². The molecule has 340 valence electrons. The number of benzene rings is 3. The molecule has 0 saturated carbocycles. The highest BCUT2D eigenvalue weighted by atomic mass is 28.4. The molecule has 61 heavy (non-hydrogen) atoms.